The van der Waals surface area contributed by atoms with Gasteiger partial charge in [-0.05, 0) is 35.0 Å². The highest BCUT2D eigenvalue weighted by atomic mass is 16.4. The summed E-state index contributed by atoms with van der Waals surface area (Å²) in [5, 5.41) is 10.7. The average molecular weight is 361 g/mol. The summed E-state index contributed by atoms with van der Waals surface area (Å²) >= 11 is 0. The molecule has 27 heavy (non-hydrogen) atoms. The maximum atomic E-state index is 10.9. The number of benzene rings is 3. The van der Waals surface area contributed by atoms with Gasteiger partial charge in [0.25, 0.3) is 0 Å². The summed E-state index contributed by atoms with van der Waals surface area (Å²) in [5.41, 5.74) is 7.55. The molecular formula is C21H19N3O3. The topological polar surface area (TPSA) is 109 Å². The first-order valence-corrected chi connectivity index (χ1v) is 8.47. The Balaban J connectivity index is 0.000000156. The number of carbonyl (C=O) groups excluding carboxylic acids is 1. The van der Waals surface area contributed by atoms with Crippen molar-refractivity contribution in [2.45, 2.75) is 12.8 Å². The Hall–Kier alpha value is -3.67. The highest BCUT2D eigenvalue weighted by Gasteiger charge is 2.04. The van der Waals surface area contributed by atoms with Crippen molar-refractivity contribution in [3.8, 4) is 0 Å². The van der Waals surface area contributed by atoms with E-state index in [9.17, 15) is 9.59 Å². The number of hydrogen-bond donors (Lipinski definition) is 3. The summed E-state index contributed by atoms with van der Waals surface area (Å²) in [6.07, 6.45) is 0.559. The predicted molar refractivity (Wildman–Crippen MR) is 105 cm³/mol. The maximum Gasteiger partial charge on any atom is 0.303 e. The molecule has 0 aliphatic heterocycles. The monoisotopic (exact) mass is 361 g/mol. The Morgan fingerprint density at radius 3 is 2.37 bits per heavy atom. The fraction of sp³-hybridized carbons (Fsp3) is 0.0952. The number of carbonyl (C=O) groups is 2. The molecule has 1 amide bonds. The Labute approximate surface area is 155 Å². The van der Waals surface area contributed by atoms with Crippen LogP contribution in [0.2, 0.25) is 0 Å². The van der Waals surface area contributed by atoms with Crippen molar-refractivity contribution in [2.24, 2.45) is 5.73 Å². The van der Waals surface area contributed by atoms with Crippen molar-refractivity contribution in [1.29, 1.82) is 0 Å². The lowest BCUT2D eigenvalue weighted by Crippen LogP contribution is -2.10. The van der Waals surface area contributed by atoms with Crippen molar-refractivity contribution in [3.05, 3.63) is 78.1 Å². The number of H-pyrrole nitrogens is 1. The van der Waals surface area contributed by atoms with Crippen LogP contribution < -0.4 is 5.73 Å². The number of fused-ring (bicyclic) bond motifs is 2. The molecule has 4 rings (SSSR count). The molecule has 4 aromatic rings. The van der Waals surface area contributed by atoms with Crippen molar-refractivity contribution in [1.82, 2.24) is 9.97 Å². The van der Waals surface area contributed by atoms with E-state index in [4.69, 9.17) is 10.8 Å². The van der Waals surface area contributed by atoms with Gasteiger partial charge in [-0.15, -0.1) is 0 Å². The van der Waals surface area contributed by atoms with Crippen LogP contribution in [0.1, 0.15) is 22.6 Å². The molecule has 1 aromatic heterocycles. The first kappa shape index (κ1) is 18.1. The van der Waals surface area contributed by atoms with Crippen LogP contribution in [0.5, 0.6) is 0 Å². The van der Waals surface area contributed by atoms with E-state index in [0.29, 0.717) is 12.0 Å². The number of primary amides is 1. The van der Waals surface area contributed by atoms with Gasteiger partial charge in [-0.3, -0.25) is 9.59 Å². The number of nitrogens with two attached hydrogens (primary N) is 1. The largest absolute Gasteiger partial charge is 0.481 e. The molecule has 0 fully saturated rings. The molecule has 1 heterocycles. The summed E-state index contributed by atoms with van der Waals surface area (Å²) in [6, 6.07) is 21.0. The van der Waals surface area contributed by atoms with E-state index < -0.39 is 5.97 Å². The van der Waals surface area contributed by atoms with E-state index in [0.717, 1.165) is 27.6 Å². The minimum absolute atomic E-state index is 0.111. The van der Waals surface area contributed by atoms with E-state index in [1.807, 2.05) is 54.6 Å². The lowest BCUT2D eigenvalue weighted by molar-refractivity contribution is -0.137. The molecule has 0 saturated heterocycles. The van der Waals surface area contributed by atoms with Crippen LogP contribution in [0.15, 0.2) is 66.7 Å². The van der Waals surface area contributed by atoms with E-state index in [2.05, 4.69) is 9.97 Å². The number of nitrogens with one attached hydrogen (secondary N) is 1. The van der Waals surface area contributed by atoms with E-state index in [1.165, 1.54) is 0 Å². The van der Waals surface area contributed by atoms with Gasteiger partial charge in [0.15, 0.2) is 0 Å². The maximum absolute atomic E-state index is 10.9. The van der Waals surface area contributed by atoms with E-state index in [-0.39, 0.29) is 12.3 Å². The number of rotatable bonds is 4. The standard InChI is InChI=1S/C11H9NO.C10H10N2O2/c12-11(13)10-6-5-8-3-1-2-4-9(8)7-10;13-10(14)6-5-9-11-7-3-1-2-4-8(7)12-9/h1-7H,(H2,12,13);1-4H,5-6H2,(H,11,12)(H,13,14). The molecular weight excluding hydrogens is 342 g/mol. The Morgan fingerprint density at radius 1 is 0.963 bits per heavy atom. The van der Waals surface area contributed by atoms with Crippen LogP contribution in [0, 0.1) is 0 Å². The summed E-state index contributed by atoms with van der Waals surface area (Å²) in [6.45, 7) is 0. The van der Waals surface area contributed by atoms with Crippen LogP contribution in [-0.2, 0) is 11.2 Å². The van der Waals surface area contributed by atoms with Gasteiger partial charge in [0.1, 0.15) is 5.82 Å². The third-order valence-electron chi connectivity index (χ3n) is 4.05. The number of amides is 1. The van der Waals surface area contributed by atoms with E-state index in [1.54, 1.807) is 12.1 Å². The minimum Gasteiger partial charge on any atom is -0.481 e. The minimum atomic E-state index is -0.801. The lowest BCUT2D eigenvalue weighted by atomic mass is 10.1. The molecule has 3 aromatic carbocycles. The van der Waals surface area contributed by atoms with Crippen LogP contribution in [0.4, 0.5) is 0 Å². The number of aromatic nitrogens is 2. The highest BCUT2D eigenvalue weighted by molar-refractivity contribution is 5.97. The van der Waals surface area contributed by atoms with Gasteiger partial charge >= 0.3 is 5.97 Å². The van der Waals surface area contributed by atoms with Crippen molar-refractivity contribution >= 4 is 33.7 Å². The van der Waals surface area contributed by atoms with Gasteiger partial charge in [-0.2, -0.15) is 0 Å². The Bertz CT molecular complexity index is 1070. The second kappa shape index (κ2) is 8.14. The molecule has 0 bridgehead atoms. The fourth-order valence-corrected chi connectivity index (χ4v) is 2.69. The van der Waals surface area contributed by atoms with Crippen LogP contribution >= 0.6 is 0 Å². The first-order chi connectivity index (χ1) is 13.0. The van der Waals surface area contributed by atoms with Gasteiger partial charge < -0.3 is 15.8 Å². The highest BCUT2D eigenvalue weighted by Crippen LogP contribution is 2.15. The summed E-state index contributed by atoms with van der Waals surface area (Å²) in [5.74, 6) is -0.454. The van der Waals surface area contributed by atoms with Gasteiger partial charge in [-0.25, -0.2) is 4.98 Å². The molecule has 0 aliphatic carbocycles. The summed E-state index contributed by atoms with van der Waals surface area (Å²) in [7, 11) is 0. The van der Waals surface area contributed by atoms with Gasteiger partial charge in [0.05, 0.1) is 17.5 Å². The van der Waals surface area contributed by atoms with Gasteiger partial charge in [0.2, 0.25) is 5.91 Å². The fourth-order valence-electron chi connectivity index (χ4n) is 2.69. The lowest BCUT2D eigenvalue weighted by Gasteiger charge is -1.98. The number of aromatic amines is 1. The van der Waals surface area contributed by atoms with Crippen LogP contribution in [0.25, 0.3) is 21.8 Å². The smallest absolute Gasteiger partial charge is 0.303 e. The number of aryl methyl sites for hydroxylation is 1. The number of carboxylic acids is 1. The Kier molecular flexibility index (Phi) is 5.47. The first-order valence-electron chi connectivity index (χ1n) is 8.47. The molecule has 0 spiro atoms. The molecule has 0 atom stereocenters. The van der Waals surface area contributed by atoms with Crippen LogP contribution in [0.3, 0.4) is 0 Å². The van der Waals surface area contributed by atoms with Crippen molar-refractivity contribution in [2.75, 3.05) is 0 Å². The Morgan fingerprint density at radius 2 is 1.67 bits per heavy atom. The van der Waals surface area contributed by atoms with Gasteiger partial charge in [-0.1, -0.05) is 42.5 Å². The second-order valence-electron chi connectivity index (χ2n) is 6.02. The molecule has 4 N–H and O–H groups in total. The molecule has 6 heteroatoms. The zero-order valence-corrected chi connectivity index (χ0v) is 14.6. The molecule has 0 aliphatic rings. The van der Waals surface area contributed by atoms with Crippen molar-refractivity contribution < 1.29 is 14.7 Å². The number of para-hydroxylation sites is 2. The average Bonchev–Trinajstić information content (AvgIpc) is 3.09. The number of nitrogens with zero attached hydrogens (tertiary/aromatic N) is 1. The quantitative estimate of drug-likeness (QED) is 0.516. The summed E-state index contributed by atoms with van der Waals surface area (Å²) < 4.78 is 0. The van der Waals surface area contributed by atoms with Gasteiger partial charge in [0, 0.05) is 12.0 Å². The number of carboxylic acid groups (broad SMARTS) is 1. The molecule has 136 valence electrons. The SMILES string of the molecule is NC(=O)c1ccc2ccccc2c1.O=C(O)CCc1nc2ccccc2[nH]1. The number of hydrogen-bond acceptors (Lipinski definition) is 3. The molecule has 6 nitrogen and oxygen atoms in total. The number of imidazole rings is 1. The third-order valence-corrected chi connectivity index (χ3v) is 4.05. The molecule has 0 unspecified atom stereocenters. The normalized spacial score (nSPS) is 10.4. The zero-order chi connectivity index (χ0) is 19.2. The summed E-state index contributed by atoms with van der Waals surface area (Å²) in [4.78, 5) is 28.6. The second-order valence-corrected chi connectivity index (χ2v) is 6.02. The third kappa shape index (κ3) is 4.70. The number of aliphatic carboxylic acids is 1. The predicted octanol–water partition coefficient (Wildman–Crippen LogP) is 3.52. The molecule has 0 radical (unpaired) electrons. The zero-order valence-electron chi connectivity index (χ0n) is 14.6. The van der Waals surface area contributed by atoms with Crippen LogP contribution in [-0.4, -0.2) is 27.0 Å². The van der Waals surface area contributed by atoms with E-state index >= 15 is 0 Å². The molecule has 0 saturated carbocycles. The van der Waals surface area contributed by atoms with Crippen molar-refractivity contribution in [3.63, 3.8) is 0 Å².